The van der Waals surface area contributed by atoms with Gasteiger partial charge in [0.25, 0.3) is 0 Å². The summed E-state index contributed by atoms with van der Waals surface area (Å²) in [6.07, 6.45) is 4.83. The predicted octanol–water partition coefficient (Wildman–Crippen LogP) is 5.56. The first-order chi connectivity index (χ1) is 15.4. The zero-order valence-electron chi connectivity index (χ0n) is 17.7. The molecule has 1 unspecified atom stereocenters. The van der Waals surface area contributed by atoms with Crippen LogP contribution in [0.3, 0.4) is 0 Å². The third-order valence-corrected chi connectivity index (χ3v) is 6.65. The van der Waals surface area contributed by atoms with E-state index in [-0.39, 0.29) is 11.7 Å². The largest absolute Gasteiger partial charge is 0.294 e. The molecular formula is C27H23NO3S. The highest BCUT2D eigenvalue weighted by Crippen LogP contribution is 2.31. The summed E-state index contributed by atoms with van der Waals surface area (Å²) in [6, 6.07) is 28.5. The van der Waals surface area contributed by atoms with Crippen LogP contribution in [0.2, 0.25) is 0 Å². The van der Waals surface area contributed by atoms with Crippen LogP contribution in [0.4, 0.5) is 0 Å². The smallest absolute Gasteiger partial charge is 0.175 e. The number of Topliss-reactive ketones (excluding diaryl/α,β-unsaturated/α-hetero) is 1. The van der Waals surface area contributed by atoms with E-state index in [4.69, 9.17) is 0 Å². The van der Waals surface area contributed by atoms with E-state index >= 15 is 0 Å². The van der Waals surface area contributed by atoms with Gasteiger partial charge in [-0.3, -0.25) is 9.78 Å². The van der Waals surface area contributed by atoms with Crippen molar-refractivity contribution < 1.29 is 13.2 Å². The van der Waals surface area contributed by atoms with E-state index in [0.29, 0.717) is 16.9 Å². The average Bonchev–Trinajstić information content (AvgIpc) is 2.83. The van der Waals surface area contributed by atoms with Crippen molar-refractivity contribution in [3.8, 4) is 11.1 Å². The van der Waals surface area contributed by atoms with E-state index in [1.54, 1.807) is 36.7 Å². The minimum absolute atomic E-state index is 0.0708. The van der Waals surface area contributed by atoms with Crippen molar-refractivity contribution >= 4 is 15.6 Å². The molecule has 5 heteroatoms. The second-order valence-corrected chi connectivity index (χ2v) is 9.76. The van der Waals surface area contributed by atoms with Gasteiger partial charge in [-0.2, -0.15) is 0 Å². The number of nitrogens with zero attached hydrogens (tertiary/aromatic N) is 1. The Morgan fingerprint density at radius 3 is 1.84 bits per heavy atom. The second kappa shape index (κ2) is 9.28. The first-order valence-corrected chi connectivity index (χ1v) is 12.2. The van der Waals surface area contributed by atoms with Crippen LogP contribution >= 0.6 is 0 Å². The summed E-state index contributed by atoms with van der Waals surface area (Å²) >= 11 is 0. The fourth-order valence-corrected chi connectivity index (χ4v) is 4.39. The van der Waals surface area contributed by atoms with Crippen molar-refractivity contribution in [2.24, 2.45) is 0 Å². The summed E-state index contributed by atoms with van der Waals surface area (Å²) in [5.74, 6) is 0.000203. The Labute approximate surface area is 188 Å². The molecular weight excluding hydrogens is 418 g/mol. The molecule has 1 heterocycles. The Morgan fingerprint density at radius 2 is 1.28 bits per heavy atom. The molecule has 1 atom stereocenters. The topological polar surface area (TPSA) is 64.1 Å². The Balaban J connectivity index is 1.63. The maximum absolute atomic E-state index is 12.9. The third-order valence-electron chi connectivity index (χ3n) is 5.52. The molecule has 3 aromatic carbocycles. The molecule has 0 aliphatic carbocycles. The van der Waals surface area contributed by atoms with Crippen LogP contribution in [0.1, 0.15) is 33.8 Å². The van der Waals surface area contributed by atoms with Gasteiger partial charge in [0.15, 0.2) is 15.6 Å². The molecule has 0 spiro atoms. The van der Waals surface area contributed by atoms with Crippen LogP contribution in [-0.2, 0) is 9.84 Å². The number of benzene rings is 3. The van der Waals surface area contributed by atoms with E-state index in [1.807, 2.05) is 66.7 Å². The van der Waals surface area contributed by atoms with Gasteiger partial charge in [-0.1, -0.05) is 66.7 Å². The van der Waals surface area contributed by atoms with Crippen LogP contribution in [0, 0.1) is 0 Å². The van der Waals surface area contributed by atoms with Crippen molar-refractivity contribution in [1.29, 1.82) is 0 Å². The van der Waals surface area contributed by atoms with Gasteiger partial charge in [0.2, 0.25) is 0 Å². The molecule has 1 aromatic heterocycles. The fraction of sp³-hybridized carbons (Fsp3) is 0.111. The standard InChI is InChI=1S/C27H23NO3S/c1-32(30,31)25-13-11-21(12-14-25)20-7-9-23(10-8-20)26(22-5-3-2-4-6-22)19-27(29)24-15-17-28-18-16-24/h2-18,26H,19H2,1H3. The lowest BCUT2D eigenvalue weighted by Gasteiger charge is -2.18. The lowest BCUT2D eigenvalue weighted by Crippen LogP contribution is -2.09. The van der Waals surface area contributed by atoms with E-state index in [1.165, 1.54) is 6.26 Å². The molecule has 160 valence electrons. The molecule has 0 amide bonds. The van der Waals surface area contributed by atoms with Gasteiger partial charge in [0.05, 0.1) is 4.90 Å². The first kappa shape index (κ1) is 21.7. The minimum Gasteiger partial charge on any atom is -0.294 e. The summed E-state index contributed by atoms with van der Waals surface area (Å²) in [7, 11) is -3.22. The van der Waals surface area contributed by atoms with Crippen LogP contribution in [-0.4, -0.2) is 25.4 Å². The normalized spacial score (nSPS) is 12.3. The van der Waals surface area contributed by atoms with E-state index in [0.717, 1.165) is 22.3 Å². The fourth-order valence-electron chi connectivity index (χ4n) is 3.76. The highest BCUT2D eigenvalue weighted by molar-refractivity contribution is 7.90. The van der Waals surface area contributed by atoms with Crippen molar-refractivity contribution in [3.05, 3.63) is 120 Å². The number of hydrogen-bond acceptors (Lipinski definition) is 4. The quantitative estimate of drug-likeness (QED) is 0.352. The SMILES string of the molecule is CS(=O)(=O)c1ccc(-c2ccc(C(CC(=O)c3ccncc3)c3ccccc3)cc2)cc1. The number of hydrogen-bond donors (Lipinski definition) is 0. The molecule has 0 fully saturated rings. The summed E-state index contributed by atoms with van der Waals surface area (Å²) in [5.41, 5.74) is 4.72. The minimum atomic E-state index is -3.22. The van der Waals surface area contributed by atoms with Crippen LogP contribution < -0.4 is 0 Å². The van der Waals surface area contributed by atoms with Crippen molar-refractivity contribution in [3.63, 3.8) is 0 Å². The molecule has 0 radical (unpaired) electrons. The first-order valence-electron chi connectivity index (χ1n) is 10.3. The monoisotopic (exact) mass is 441 g/mol. The van der Waals surface area contributed by atoms with Gasteiger partial charge in [-0.05, 0) is 46.5 Å². The van der Waals surface area contributed by atoms with Crippen LogP contribution in [0.5, 0.6) is 0 Å². The lowest BCUT2D eigenvalue weighted by atomic mass is 9.85. The number of pyridine rings is 1. The Hall–Kier alpha value is -3.57. The van der Waals surface area contributed by atoms with Gasteiger partial charge >= 0.3 is 0 Å². The number of carbonyl (C=O) groups is 1. The molecule has 4 aromatic rings. The summed E-state index contributed by atoms with van der Waals surface area (Å²) in [5, 5.41) is 0. The van der Waals surface area contributed by atoms with E-state index in [9.17, 15) is 13.2 Å². The van der Waals surface area contributed by atoms with E-state index < -0.39 is 9.84 Å². The van der Waals surface area contributed by atoms with Gasteiger partial charge in [0, 0.05) is 36.6 Å². The van der Waals surface area contributed by atoms with Gasteiger partial charge in [0.1, 0.15) is 0 Å². The maximum Gasteiger partial charge on any atom is 0.175 e. The van der Waals surface area contributed by atoms with Crippen molar-refractivity contribution in [2.45, 2.75) is 17.2 Å². The third kappa shape index (κ3) is 5.01. The highest BCUT2D eigenvalue weighted by atomic mass is 32.2. The zero-order valence-corrected chi connectivity index (χ0v) is 18.5. The number of sulfone groups is 1. The summed E-state index contributed by atoms with van der Waals surface area (Å²) in [4.78, 5) is 17.2. The molecule has 4 nitrogen and oxygen atoms in total. The number of aromatic nitrogens is 1. The lowest BCUT2D eigenvalue weighted by molar-refractivity contribution is 0.0977. The molecule has 0 N–H and O–H groups in total. The molecule has 4 rings (SSSR count). The number of rotatable bonds is 7. The van der Waals surface area contributed by atoms with Gasteiger partial charge in [-0.25, -0.2) is 8.42 Å². The van der Waals surface area contributed by atoms with Crippen molar-refractivity contribution in [2.75, 3.05) is 6.26 Å². The second-order valence-electron chi connectivity index (χ2n) is 7.75. The molecule has 0 aliphatic heterocycles. The van der Waals surface area contributed by atoms with Gasteiger partial charge < -0.3 is 0 Å². The van der Waals surface area contributed by atoms with Crippen LogP contribution in [0.15, 0.2) is 108 Å². The van der Waals surface area contributed by atoms with Crippen molar-refractivity contribution in [1.82, 2.24) is 4.98 Å². The Kier molecular flexibility index (Phi) is 6.28. The number of carbonyl (C=O) groups excluding carboxylic acids is 1. The zero-order chi connectivity index (χ0) is 22.6. The Bertz CT molecular complexity index is 1300. The summed E-state index contributed by atoms with van der Waals surface area (Å²) in [6.45, 7) is 0. The number of ketones is 1. The molecule has 0 saturated heterocycles. The summed E-state index contributed by atoms with van der Waals surface area (Å²) < 4.78 is 23.4. The Morgan fingerprint density at radius 1 is 0.750 bits per heavy atom. The maximum atomic E-state index is 12.9. The van der Waals surface area contributed by atoms with E-state index in [2.05, 4.69) is 4.98 Å². The predicted molar refractivity (Wildman–Crippen MR) is 126 cm³/mol. The molecule has 0 bridgehead atoms. The molecule has 0 aliphatic rings. The average molecular weight is 442 g/mol. The highest BCUT2D eigenvalue weighted by Gasteiger charge is 2.19. The molecule has 0 saturated carbocycles. The van der Waals surface area contributed by atoms with Gasteiger partial charge in [-0.15, -0.1) is 0 Å². The van der Waals surface area contributed by atoms with Crippen LogP contribution in [0.25, 0.3) is 11.1 Å². The molecule has 32 heavy (non-hydrogen) atoms.